The average molecular weight is 421 g/mol. The van der Waals surface area contributed by atoms with Crippen LogP contribution in [0.3, 0.4) is 0 Å². The number of rotatable bonds is 6. The van der Waals surface area contributed by atoms with E-state index in [1.54, 1.807) is 14.0 Å². The summed E-state index contributed by atoms with van der Waals surface area (Å²) in [6, 6.07) is 7.93. The van der Waals surface area contributed by atoms with E-state index in [1.165, 1.54) is 18.4 Å². The minimum Gasteiger partial charge on any atom is -0.497 e. The minimum atomic E-state index is -0.650. The predicted octanol–water partition coefficient (Wildman–Crippen LogP) is 3.73. The topological polar surface area (TPSA) is 78.3 Å². The summed E-state index contributed by atoms with van der Waals surface area (Å²) in [6.07, 6.45) is 3.54. The van der Waals surface area contributed by atoms with Crippen molar-refractivity contribution in [1.29, 1.82) is 0 Å². The van der Waals surface area contributed by atoms with Gasteiger partial charge in [-0.15, -0.1) is 0 Å². The average Bonchev–Trinajstić information content (AvgIpc) is 3.45. The summed E-state index contributed by atoms with van der Waals surface area (Å²) < 4.78 is 13.1. The van der Waals surface area contributed by atoms with Crippen LogP contribution < -0.4 is 14.8 Å². The van der Waals surface area contributed by atoms with Crippen molar-refractivity contribution >= 4 is 16.9 Å². The van der Waals surface area contributed by atoms with Crippen LogP contribution in [-0.2, 0) is 18.3 Å². The number of aromatic nitrogens is 3. The van der Waals surface area contributed by atoms with E-state index in [-0.39, 0.29) is 11.9 Å². The van der Waals surface area contributed by atoms with E-state index in [0.717, 1.165) is 46.4 Å². The highest BCUT2D eigenvalue weighted by Crippen LogP contribution is 2.43. The first-order valence-corrected chi connectivity index (χ1v) is 10.9. The molecule has 0 spiro atoms. The standard InChI is InChI=1S/C24H28N4O3/c1-13-11-20(26-23-21(13)22(15-5-6-15)27-28(23)3)31-14(2)24(29)25-19-10-7-16-12-17(30-4)8-9-18(16)19/h8-9,11-12,14-15,19H,5-7,10H2,1-4H3,(H,25,29)/t14-,19-/m0/s1. The Bertz CT molecular complexity index is 1170. The number of aryl methyl sites for hydroxylation is 3. The second kappa shape index (κ2) is 7.55. The minimum absolute atomic E-state index is 0.00481. The number of fused-ring (bicyclic) bond motifs is 2. The maximum Gasteiger partial charge on any atom is 0.261 e. The Morgan fingerprint density at radius 1 is 1.26 bits per heavy atom. The number of ether oxygens (including phenoxy) is 2. The second-order valence-electron chi connectivity index (χ2n) is 8.68. The SMILES string of the molecule is COc1ccc2c(c1)CC[C@@H]2NC(=O)[C@H](C)Oc1cc(C)c2c(C3CC3)nn(C)c2n1. The van der Waals surface area contributed by atoms with Crippen LogP contribution in [0.15, 0.2) is 24.3 Å². The fourth-order valence-electron chi connectivity index (χ4n) is 4.53. The Balaban J connectivity index is 1.30. The highest BCUT2D eigenvalue weighted by Gasteiger charge is 2.31. The number of nitrogens with zero attached hydrogens (tertiary/aromatic N) is 3. The highest BCUT2D eigenvalue weighted by atomic mass is 16.5. The summed E-state index contributed by atoms with van der Waals surface area (Å²) in [5.41, 5.74) is 5.41. The molecule has 2 heterocycles. The highest BCUT2D eigenvalue weighted by molar-refractivity contribution is 5.84. The third kappa shape index (κ3) is 3.62. The Morgan fingerprint density at radius 2 is 2.06 bits per heavy atom. The summed E-state index contributed by atoms with van der Waals surface area (Å²) in [5.74, 6) is 1.71. The maximum absolute atomic E-state index is 12.8. The van der Waals surface area contributed by atoms with E-state index >= 15 is 0 Å². The molecule has 1 fully saturated rings. The molecular weight excluding hydrogens is 392 g/mol. The van der Waals surface area contributed by atoms with E-state index < -0.39 is 6.10 Å². The van der Waals surface area contributed by atoms with E-state index in [0.29, 0.717) is 11.8 Å². The van der Waals surface area contributed by atoms with Crippen molar-refractivity contribution in [3.63, 3.8) is 0 Å². The molecule has 0 saturated heterocycles. The van der Waals surface area contributed by atoms with Gasteiger partial charge in [-0.3, -0.25) is 9.48 Å². The number of hydrogen-bond acceptors (Lipinski definition) is 5. The molecule has 2 atom stereocenters. The Hall–Kier alpha value is -3.09. The van der Waals surface area contributed by atoms with E-state index in [9.17, 15) is 4.79 Å². The summed E-state index contributed by atoms with van der Waals surface area (Å²) in [4.78, 5) is 17.5. The van der Waals surface area contributed by atoms with E-state index in [4.69, 9.17) is 9.47 Å². The van der Waals surface area contributed by atoms with Gasteiger partial charge in [0.1, 0.15) is 5.75 Å². The molecule has 1 N–H and O–H groups in total. The number of hydrogen-bond donors (Lipinski definition) is 1. The van der Waals surface area contributed by atoms with Gasteiger partial charge in [-0.1, -0.05) is 6.07 Å². The molecule has 1 aromatic carbocycles. The summed E-state index contributed by atoms with van der Waals surface area (Å²) in [6.45, 7) is 3.82. The smallest absolute Gasteiger partial charge is 0.261 e. The van der Waals surface area contributed by atoms with Crippen LogP contribution in [0.4, 0.5) is 0 Å². The molecule has 1 saturated carbocycles. The van der Waals surface area contributed by atoms with Crippen molar-refractivity contribution < 1.29 is 14.3 Å². The third-order valence-electron chi connectivity index (χ3n) is 6.37. The monoisotopic (exact) mass is 420 g/mol. The van der Waals surface area contributed by atoms with Crippen LogP contribution in [0.5, 0.6) is 11.6 Å². The molecule has 7 nitrogen and oxygen atoms in total. The van der Waals surface area contributed by atoms with Crippen molar-refractivity contribution in [2.24, 2.45) is 7.05 Å². The van der Waals surface area contributed by atoms with Gasteiger partial charge in [-0.25, -0.2) is 0 Å². The Labute approximate surface area is 181 Å². The number of carbonyl (C=O) groups excluding carboxylic acids is 1. The lowest BCUT2D eigenvalue weighted by molar-refractivity contribution is -0.128. The van der Waals surface area contributed by atoms with Crippen LogP contribution >= 0.6 is 0 Å². The first kappa shape index (κ1) is 19.8. The number of methoxy groups -OCH3 is 1. The van der Waals surface area contributed by atoms with Crippen molar-refractivity contribution in [2.75, 3.05) is 7.11 Å². The van der Waals surface area contributed by atoms with Gasteiger partial charge >= 0.3 is 0 Å². The predicted molar refractivity (Wildman–Crippen MR) is 118 cm³/mol. The third-order valence-corrected chi connectivity index (χ3v) is 6.37. The number of carbonyl (C=O) groups is 1. The van der Waals surface area contributed by atoms with Gasteiger partial charge in [0.25, 0.3) is 5.91 Å². The quantitative estimate of drug-likeness (QED) is 0.657. The summed E-state index contributed by atoms with van der Waals surface area (Å²) >= 11 is 0. The zero-order valence-electron chi connectivity index (χ0n) is 18.4. The number of pyridine rings is 1. The summed E-state index contributed by atoms with van der Waals surface area (Å²) in [7, 11) is 3.58. The van der Waals surface area contributed by atoms with E-state index in [2.05, 4.69) is 22.3 Å². The Morgan fingerprint density at radius 3 is 2.81 bits per heavy atom. The lowest BCUT2D eigenvalue weighted by Gasteiger charge is -2.19. The first-order valence-electron chi connectivity index (χ1n) is 10.9. The molecule has 2 aliphatic rings. The van der Waals surface area contributed by atoms with Crippen molar-refractivity contribution in [3.8, 4) is 11.6 Å². The van der Waals surface area contributed by atoms with Crippen LogP contribution in [-0.4, -0.2) is 33.9 Å². The number of benzene rings is 1. The lowest BCUT2D eigenvalue weighted by atomic mass is 10.1. The lowest BCUT2D eigenvalue weighted by Crippen LogP contribution is -2.38. The van der Waals surface area contributed by atoms with Gasteiger partial charge in [-0.05, 0) is 68.4 Å². The molecule has 31 heavy (non-hydrogen) atoms. The van der Waals surface area contributed by atoms with Gasteiger partial charge in [0.2, 0.25) is 5.88 Å². The summed E-state index contributed by atoms with van der Waals surface area (Å²) in [5, 5.41) is 8.93. The number of amides is 1. The van der Waals surface area contributed by atoms with Gasteiger partial charge in [0, 0.05) is 24.4 Å². The zero-order valence-corrected chi connectivity index (χ0v) is 18.4. The fourth-order valence-corrected chi connectivity index (χ4v) is 4.53. The van der Waals surface area contributed by atoms with Crippen LogP contribution in [0, 0.1) is 6.92 Å². The molecule has 5 rings (SSSR count). The van der Waals surface area contributed by atoms with Crippen molar-refractivity contribution in [3.05, 3.63) is 46.6 Å². The Kier molecular flexibility index (Phi) is 4.84. The normalized spacial score (nSPS) is 18.6. The van der Waals surface area contributed by atoms with Gasteiger partial charge in [-0.2, -0.15) is 10.1 Å². The molecule has 3 aromatic rings. The van der Waals surface area contributed by atoms with Crippen molar-refractivity contribution in [1.82, 2.24) is 20.1 Å². The van der Waals surface area contributed by atoms with Crippen LogP contribution in [0.2, 0.25) is 0 Å². The van der Waals surface area contributed by atoms with Crippen LogP contribution in [0.25, 0.3) is 11.0 Å². The largest absolute Gasteiger partial charge is 0.497 e. The van der Waals surface area contributed by atoms with Crippen LogP contribution in [0.1, 0.15) is 60.5 Å². The van der Waals surface area contributed by atoms with Gasteiger partial charge in [0.15, 0.2) is 11.8 Å². The molecule has 7 heteroatoms. The molecule has 2 aromatic heterocycles. The molecule has 0 unspecified atom stereocenters. The van der Waals surface area contributed by atoms with Crippen molar-refractivity contribution in [2.45, 2.75) is 57.6 Å². The molecule has 2 aliphatic carbocycles. The van der Waals surface area contributed by atoms with Gasteiger partial charge in [0.05, 0.1) is 18.8 Å². The van der Waals surface area contributed by atoms with E-state index in [1.807, 2.05) is 36.0 Å². The second-order valence-corrected chi connectivity index (χ2v) is 8.68. The zero-order chi connectivity index (χ0) is 21.7. The van der Waals surface area contributed by atoms with Gasteiger partial charge < -0.3 is 14.8 Å². The number of nitrogens with one attached hydrogen (secondary N) is 1. The molecule has 0 aliphatic heterocycles. The molecule has 0 radical (unpaired) electrons. The first-order chi connectivity index (χ1) is 14.9. The maximum atomic E-state index is 12.8. The molecule has 0 bridgehead atoms. The fraction of sp³-hybridized carbons (Fsp3) is 0.458. The molecule has 162 valence electrons. The molecule has 1 amide bonds. The molecular formula is C24H28N4O3.